The van der Waals surface area contributed by atoms with Crippen LogP contribution in [-0.2, 0) is 6.42 Å². The van der Waals surface area contributed by atoms with Crippen molar-refractivity contribution in [3.63, 3.8) is 0 Å². The molecule has 0 amide bonds. The van der Waals surface area contributed by atoms with Crippen molar-refractivity contribution >= 4 is 11.9 Å². The summed E-state index contributed by atoms with van der Waals surface area (Å²) in [4.78, 5) is 0. The molecule has 0 aromatic carbocycles. The SMILES string of the molecule is Nc1noc2c1CCC=C2. The quantitative estimate of drug-likeness (QED) is 0.583. The summed E-state index contributed by atoms with van der Waals surface area (Å²) in [5, 5.41) is 3.65. The lowest BCUT2D eigenvalue weighted by molar-refractivity contribution is 0.414. The van der Waals surface area contributed by atoms with Crippen LogP contribution in [-0.4, -0.2) is 5.16 Å². The van der Waals surface area contributed by atoms with Crippen LogP contribution in [0.1, 0.15) is 17.7 Å². The second-order valence-electron chi connectivity index (χ2n) is 2.35. The smallest absolute Gasteiger partial charge is 0.170 e. The standard InChI is InChI=1S/C7H8N2O/c8-7-5-3-1-2-4-6(5)10-9-7/h2,4H,1,3H2,(H2,8,9). The van der Waals surface area contributed by atoms with Crippen molar-refractivity contribution in [1.29, 1.82) is 0 Å². The van der Waals surface area contributed by atoms with Gasteiger partial charge in [0, 0.05) is 5.56 Å². The molecule has 0 atom stereocenters. The molecule has 0 fully saturated rings. The second-order valence-corrected chi connectivity index (χ2v) is 2.35. The lowest BCUT2D eigenvalue weighted by Gasteiger charge is -1.99. The average Bonchev–Trinajstić information content (AvgIpc) is 2.34. The van der Waals surface area contributed by atoms with E-state index >= 15 is 0 Å². The van der Waals surface area contributed by atoms with Gasteiger partial charge in [0.2, 0.25) is 0 Å². The largest absolute Gasteiger partial charge is 0.381 e. The normalized spacial score (nSPS) is 15.2. The van der Waals surface area contributed by atoms with Gasteiger partial charge in [-0.25, -0.2) is 0 Å². The number of allylic oxidation sites excluding steroid dienone is 1. The van der Waals surface area contributed by atoms with Crippen LogP contribution in [0.25, 0.3) is 6.08 Å². The first kappa shape index (κ1) is 5.53. The van der Waals surface area contributed by atoms with Gasteiger partial charge in [-0.05, 0) is 18.9 Å². The zero-order valence-corrected chi connectivity index (χ0v) is 5.50. The molecule has 1 aliphatic rings. The van der Waals surface area contributed by atoms with Gasteiger partial charge in [-0.2, -0.15) is 0 Å². The first-order valence-electron chi connectivity index (χ1n) is 3.28. The summed E-state index contributed by atoms with van der Waals surface area (Å²) in [5.41, 5.74) is 6.58. The van der Waals surface area contributed by atoms with E-state index in [1.807, 2.05) is 6.08 Å². The molecule has 2 N–H and O–H groups in total. The van der Waals surface area contributed by atoms with E-state index in [1.165, 1.54) is 0 Å². The number of hydrogen-bond donors (Lipinski definition) is 1. The van der Waals surface area contributed by atoms with Gasteiger partial charge in [0.25, 0.3) is 0 Å². The molecule has 1 heterocycles. The number of anilines is 1. The molecule has 0 radical (unpaired) electrons. The Bertz CT molecular complexity index is 275. The van der Waals surface area contributed by atoms with E-state index < -0.39 is 0 Å². The molecule has 0 saturated heterocycles. The Kier molecular flexibility index (Phi) is 1.03. The van der Waals surface area contributed by atoms with Gasteiger partial charge in [-0.1, -0.05) is 11.2 Å². The Hall–Kier alpha value is -1.25. The van der Waals surface area contributed by atoms with Gasteiger partial charge in [-0.15, -0.1) is 0 Å². The van der Waals surface area contributed by atoms with Crippen molar-refractivity contribution in [1.82, 2.24) is 5.16 Å². The van der Waals surface area contributed by atoms with Crippen molar-refractivity contribution in [3.05, 3.63) is 17.4 Å². The summed E-state index contributed by atoms with van der Waals surface area (Å²) in [6.07, 6.45) is 5.98. The van der Waals surface area contributed by atoms with E-state index in [4.69, 9.17) is 10.3 Å². The molecule has 0 unspecified atom stereocenters. The maximum absolute atomic E-state index is 5.52. The van der Waals surface area contributed by atoms with Crippen LogP contribution in [0.2, 0.25) is 0 Å². The maximum Gasteiger partial charge on any atom is 0.170 e. The molecule has 52 valence electrons. The molecule has 0 saturated carbocycles. The summed E-state index contributed by atoms with van der Waals surface area (Å²) < 4.78 is 4.92. The zero-order chi connectivity index (χ0) is 6.97. The Morgan fingerprint density at radius 1 is 1.60 bits per heavy atom. The molecule has 3 nitrogen and oxygen atoms in total. The van der Waals surface area contributed by atoms with Gasteiger partial charge in [0.05, 0.1) is 0 Å². The molecule has 1 aromatic heterocycles. The minimum Gasteiger partial charge on any atom is -0.381 e. The summed E-state index contributed by atoms with van der Waals surface area (Å²) >= 11 is 0. The number of rotatable bonds is 0. The third-order valence-corrected chi connectivity index (χ3v) is 1.68. The predicted molar refractivity (Wildman–Crippen MR) is 38.3 cm³/mol. The van der Waals surface area contributed by atoms with E-state index in [0.717, 1.165) is 24.2 Å². The van der Waals surface area contributed by atoms with Crippen LogP contribution in [0, 0.1) is 0 Å². The Labute approximate surface area is 58.5 Å². The summed E-state index contributed by atoms with van der Waals surface area (Å²) in [6.45, 7) is 0. The van der Waals surface area contributed by atoms with Crippen LogP contribution in [0.5, 0.6) is 0 Å². The fraction of sp³-hybridized carbons (Fsp3) is 0.286. The van der Waals surface area contributed by atoms with Crippen LogP contribution >= 0.6 is 0 Å². The zero-order valence-electron chi connectivity index (χ0n) is 5.50. The number of hydrogen-bond acceptors (Lipinski definition) is 3. The summed E-state index contributed by atoms with van der Waals surface area (Å²) in [7, 11) is 0. The van der Waals surface area contributed by atoms with E-state index in [1.54, 1.807) is 0 Å². The predicted octanol–water partition coefficient (Wildman–Crippen LogP) is 1.22. The highest BCUT2D eigenvalue weighted by Gasteiger charge is 2.12. The summed E-state index contributed by atoms with van der Waals surface area (Å²) in [5.74, 6) is 1.36. The molecule has 1 aliphatic carbocycles. The van der Waals surface area contributed by atoms with Gasteiger partial charge in [-0.3, -0.25) is 0 Å². The van der Waals surface area contributed by atoms with E-state index in [0.29, 0.717) is 5.82 Å². The average molecular weight is 136 g/mol. The van der Waals surface area contributed by atoms with Crippen molar-refractivity contribution in [2.45, 2.75) is 12.8 Å². The molecule has 3 heteroatoms. The topological polar surface area (TPSA) is 52.0 Å². The molecule has 0 spiro atoms. The third-order valence-electron chi connectivity index (χ3n) is 1.68. The van der Waals surface area contributed by atoms with E-state index in [9.17, 15) is 0 Å². The molecule has 1 aromatic rings. The highest BCUT2D eigenvalue weighted by Crippen LogP contribution is 2.23. The first-order chi connectivity index (χ1) is 4.88. The fourth-order valence-electron chi connectivity index (χ4n) is 1.14. The lowest BCUT2D eigenvalue weighted by atomic mass is 10.1. The number of nitrogen functional groups attached to an aromatic ring is 1. The van der Waals surface area contributed by atoms with E-state index in [-0.39, 0.29) is 0 Å². The Morgan fingerprint density at radius 3 is 3.30 bits per heavy atom. The number of nitrogens with two attached hydrogens (primary N) is 1. The van der Waals surface area contributed by atoms with Gasteiger partial charge in [0.1, 0.15) is 0 Å². The minimum atomic E-state index is 0.541. The fourth-order valence-corrected chi connectivity index (χ4v) is 1.14. The number of aromatic nitrogens is 1. The third kappa shape index (κ3) is 0.635. The molecular formula is C7H8N2O. The van der Waals surface area contributed by atoms with Crippen LogP contribution in [0.15, 0.2) is 10.6 Å². The monoisotopic (exact) mass is 136 g/mol. The highest BCUT2D eigenvalue weighted by atomic mass is 16.5. The molecule has 0 bridgehead atoms. The van der Waals surface area contributed by atoms with Gasteiger partial charge >= 0.3 is 0 Å². The van der Waals surface area contributed by atoms with Crippen LogP contribution < -0.4 is 5.73 Å². The van der Waals surface area contributed by atoms with Crippen molar-refractivity contribution in [2.24, 2.45) is 0 Å². The van der Waals surface area contributed by atoms with Crippen molar-refractivity contribution < 1.29 is 4.52 Å². The molecule has 2 rings (SSSR count). The van der Waals surface area contributed by atoms with Crippen molar-refractivity contribution in [3.8, 4) is 0 Å². The van der Waals surface area contributed by atoms with Crippen LogP contribution in [0.4, 0.5) is 5.82 Å². The second kappa shape index (κ2) is 1.87. The Morgan fingerprint density at radius 2 is 2.50 bits per heavy atom. The van der Waals surface area contributed by atoms with Gasteiger partial charge < -0.3 is 10.3 Å². The van der Waals surface area contributed by atoms with E-state index in [2.05, 4.69) is 11.2 Å². The number of fused-ring (bicyclic) bond motifs is 1. The first-order valence-corrected chi connectivity index (χ1v) is 3.28. The molecule has 10 heavy (non-hydrogen) atoms. The maximum atomic E-state index is 5.52. The lowest BCUT2D eigenvalue weighted by Crippen LogP contribution is -1.94. The Balaban J connectivity index is 2.57. The minimum absolute atomic E-state index is 0.541. The summed E-state index contributed by atoms with van der Waals surface area (Å²) in [6, 6.07) is 0. The van der Waals surface area contributed by atoms with Crippen molar-refractivity contribution in [2.75, 3.05) is 5.73 Å². The molecule has 0 aliphatic heterocycles. The molecular weight excluding hydrogens is 128 g/mol. The van der Waals surface area contributed by atoms with Crippen LogP contribution in [0.3, 0.4) is 0 Å². The number of nitrogens with zero attached hydrogens (tertiary/aromatic N) is 1. The van der Waals surface area contributed by atoms with Gasteiger partial charge in [0.15, 0.2) is 11.6 Å². The highest BCUT2D eigenvalue weighted by molar-refractivity contribution is 5.57.